The Morgan fingerprint density at radius 2 is 1.84 bits per heavy atom. The van der Waals surface area contributed by atoms with Gasteiger partial charge in [-0.15, -0.1) is 0 Å². The van der Waals surface area contributed by atoms with E-state index in [2.05, 4.69) is 34.5 Å². The second-order valence-corrected chi connectivity index (χ2v) is 7.96. The van der Waals surface area contributed by atoms with Crippen LogP contribution in [0, 0.1) is 5.92 Å². The molecular formula is C21H30N2O2. The summed E-state index contributed by atoms with van der Waals surface area (Å²) >= 11 is 0. The third-order valence-electron chi connectivity index (χ3n) is 6.40. The highest BCUT2D eigenvalue weighted by Crippen LogP contribution is 2.47. The summed E-state index contributed by atoms with van der Waals surface area (Å²) in [6, 6.07) is 10.5. The highest BCUT2D eigenvalue weighted by Gasteiger charge is 2.45. The fraction of sp³-hybridized carbons (Fsp3) is 0.667. The number of nitrogens with one attached hydrogen (secondary N) is 1. The maximum Gasteiger partial charge on any atom is 0.223 e. The monoisotopic (exact) mass is 342 g/mol. The number of carbonyl (C=O) groups is 1. The third kappa shape index (κ3) is 3.75. The van der Waals surface area contributed by atoms with Gasteiger partial charge in [-0.1, -0.05) is 36.8 Å². The smallest absolute Gasteiger partial charge is 0.223 e. The topological polar surface area (TPSA) is 41.6 Å². The lowest BCUT2D eigenvalue weighted by molar-refractivity contribution is -0.124. The second kappa shape index (κ2) is 7.46. The molecule has 1 aromatic carbocycles. The van der Waals surface area contributed by atoms with Crippen LogP contribution in [-0.2, 0) is 9.53 Å². The SMILES string of the molecule is O=C(NCC1(N2CCCCC2)CCOCC1)[C@@H]1C[C@H]1c1ccccc1. The molecule has 3 fully saturated rings. The molecule has 1 aliphatic carbocycles. The van der Waals surface area contributed by atoms with Crippen molar-refractivity contribution in [3.8, 4) is 0 Å². The number of rotatable bonds is 5. The number of ether oxygens (including phenoxy) is 1. The summed E-state index contributed by atoms with van der Waals surface area (Å²) in [4.78, 5) is 15.3. The molecule has 4 nitrogen and oxygen atoms in total. The van der Waals surface area contributed by atoms with Crippen molar-refractivity contribution in [1.82, 2.24) is 10.2 Å². The standard InChI is InChI=1S/C21H30N2O2/c24-20(19-15-18(19)17-7-3-1-4-8-17)22-16-21(9-13-25-14-10-21)23-11-5-2-6-12-23/h1,3-4,7-8,18-19H,2,5-6,9-16H2,(H,22,24)/t18-,19+/m0/s1. The van der Waals surface area contributed by atoms with Crippen molar-refractivity contribution in [3.05, 3.63) is 35.9 Å². The number of hydrogen-bond acceptors (Lipinski definition) is 3. The van der Waals surface area contributed by atoms with Crippen molar-refractivity contribution >= 4 is 5.91 Å². The summed E-state index contributed by atoms with van der Waals surface area (Å²) in [6.45, 7) is 4.77. The van der Waals surface area contributed by atoms with Crippen LogP contribution in [0.5, 0.6) is 0 Å². The molecule has 2 heterocycles. The van der Waals surface area contributed by atoms with E-state index in [1.165, 1.54) is 37.9 Å². The van der Waals surface area contributed by atoms with Gasteiger partial charge in [0.1, 0.15) is 0 Å². The molecule has 2 aliphatic heterocycles. The van der Waals surface area contributed by atoms with Gasteiger partial charge in [-0.05, 0) is 56.7 Å². The minimum Gasteiger partial charge on any atom is -0.381 e. The Balaban J connectivity index is 1.36. The average molecular weight is 342 g/mol. The van der Waals surface area contributed by atoms with Crippen molar-refractivity contribution in [3.63, 3.8) is 0 Å². The van der Waals surface area contributed by atoms with Crippen LogP contribution in [0.4, 0.5) is 0 Å². The molecule has 4 rings (SSSR count). The Morgan fingerprint density at radius 1 is 1.12 bits per heavy atom. The van der Waals surface area contributed by atoms with Crippen LogP contribution >= 0.6 is 0 Å². The van der Waals surface area contributed by atoms with Gasteiger partial charge in [-0.2, -0.15) is 0 Å². The largest absolute Gasteiger partial charge is 0.381 e. The number of likely N-dealkylation sites (tertiary alicyclic amines) is 1. The summed E-state index contributed by atoms with van der Waals surface area (Å²) in [5.41, 5.74) is 1.42. The molecule has 1 saturated carbocycles. The molecule has 0 radical (unpaired) electrons. The van der Waals surface area contributed by atoms with Crippen LogP contribution in [0.2, 0.25) is 0 Å². The molecule has 0 aromatic heterocycles. The van der Waals surface area contributed by atoms with E-state index in [0.29, 0.717) is 5.92 Å². The molecule has 1 aromatic rings. The lowest BCUT2D eigenvalue weighted by Gasteiger charge is -2.48. The Hall–Kier alpha value is -1.39. The van der Waals surface area contributed by atoms with Gasteiger partial charge in [0.15, 0.2) is 0 Å². The van der Waals surface area contributed by atoms with Gasteiger partial charge < -0.3 is 10.1 Å². The zero-order chi connectivity index (χ0) is 17.1. The van der Waals surface area contributed by atoms with Crippen molar-refractivity contribution in [2.45, 2.75) is 50.0 Å². The van der Waals surface area contributed by atoms with Gasteiger partial charge in [0.25, 0.3) is 0 Å². The minimum atomic E-state index is 0.117. The van der Waals surface area contributed by atoms with E-state index in [0.717, 1.165) is 39.0 Å². The molecule has 0 spiro atoms. The van der Waals surface area contributed by atoms with Gasteiger partial charge in [-0.25, -0.2) is 0 Å². The number of piperidine rings is 1. The van der Waals surface area contributed by atoms with Gasteiger partial charge >= 0.3 is 0 Å². The molecule has 0 unspecified atom stereocenters. The maximum absolute atomic E-state index is 12.7. The summed E-state index contributed by atoms with van der Waals surface area (Å²) in [7, 11) is 0. The van der Waals surface area contributed by atoms with Crippen LogP contribution in [0.25, 0.3) is 0 Å². The summed E-state index contributed by atoms with van der Waals surface area (Å²) in [5.74, 6) is 0.833. The van der Waals surface area contributed by atoms with Gasteiger partial charge in [-0.3, -0.25) is 9.69 Å². The fourth-order valence-corrected chi connectivity index (χ4v) is 4.66. The maximum atomic E-state index is 12.7. The summed E-state index contributed by atoms with van der Waals surface area (Å²) < 4.78 is 5.62. The Morgan fingerprint density at radius 3 is 2.56 bits per heavy atom. The van der Waals surface area contributed by atoms with E-state index >= 15 is 0 Å². The molecular weight excluding hydrogens is 312 g/mol. The predicted molar refractivity (Wildman–Crippen MR) is 98.5 cm³/mol. The van der Waals surface area contributed by atoms with E-state index in [1.807, 2.05) is 6.07 Å². The lowest BCUT2D eigenvalue weighted by atomic mass is 9.86. The zero-order valence-corrected chi connectivity index (χ0v) is 15.1. The van der Waals surface area contributed by atoms with Crippen molar-refractivity contribution < 1.29 is 9.53 Å². The Labute approximate surface area is 150 Å². The number of nitrogens with zero attached hydrogens (tertiary/aromatic N) is 1. The molecule has 136 valence electrons. The van der Waals surface area contributed by atoms with Crippen molar-refractivity contribution in [1.29, 1.82) is 0 Å². The van der Waals surface area contributed by atoms with Crippen LogP contribution in [0.1, 0.15) is 50.0 Å². The molecule has 3 aliphatic rings. The van der Waals surface area contributed by atoms with E-state index in [4.69, 9.17) is 4.74 Å². The quantitative estimate of drug-likeness (QED) is 0.894. The zero-order valence-electron chi connectivity index (χ0n) is 15.1. The van der Waals surface area contributed by atoms with Crippen LogP contribution < -0.4 is 5.32 Å². The van der Waals surface area contributed by atoms with Gasteiger partial charge in [0, 0.05) is 31.2 Å². The first kappa shape index (κ1) is 17.0. The highest BCUT2D eigenvalue weighted by molar-refractivity contribution is 5.83. The average Bonchev–Trinajstić information content (AvgIpc) is 3.49. The third-order valence-corrected chi connectivity index (χ3v) is 6.40. The Bertz CT molecular complexity index is 577. The first-order valence-electron chi connectivity index (χ1n) is 9.94. The molecule has 25 heavy (non-hydrogen) atoms. The van der Waals surface area contributed by atoms with E-state index in [1.54, 1.807) is 0 Å². The lowest BCUT2D eigenvalue weighted by Crippen LogP contribution is -2.59. The molecule has 2 atom stereocenters. The number of benzene rings is 1. The molecule has 0 bridgehead atoms. The van der Waals surface area contributed by atoms with Crippen molar-refractivity contribution in [2.75, 3.05) is 32.8 Å². The van der Waals surface area contributed by atoms with Crippen LogP contribution in [-0.4, -0.2) is 49.2 Å². The number of hydrogen-bond donors (Lipinski definition) is 1. The first-order valence-corrected chi connectivity index (χ1v) is 9.94. The van der Waals surface area contributed by atoms with E-state index in [9.17, 15) is 4.79 Å². The van der Waals surface area contributed by atoms with Crippen LogP contribution in [0.3, 0.4) is 0 Å². The van der Waals surface area contributed by atoms with Gasteiger partial charge in [0.2, 0.25) is 5.91 Å². The molecule has 1 amide bonds. The minimum absolute atomic E-state index is 0.117. The first-order chi connectivity index (χ1) is 12.3. The van der Waals surface area contributed by atoms with Crippen LogP contribution in [0.15, 0.2) is 30.3 Å². The molecule has 4 heteroatoms. The second-order valence-electron chi connectivity index (χ2n) is 7.96. The summed E-state index contributed by atoms with van der Waals surface area (Å²) in [6.07, 6.45) is 7.00. The van der Waals surface area contributed by atoms with E-state index in [-0.39, 0.29) is 17.4 Å². The van der Waals surface area contributed by atoms with E-state index < -0.39 is 0 Å². The van der Waals surface area contributed by atoms with Gasteiger partial charge in [0.05, 0.1) is 0 Å². The van der Waals surface area contributed by atoms with Crippen molar-refractivity contribution in [2.24, 2.45) is 5.92 Å². The normalized spacial score (nSPS) is 29.1. The number of amides is 1. The fourth-order valence-electron chi connectivity index (χ4n) is 4.66. The highest BCUT2D eigenvalue weighted by atomic mass is 16.5. The number of carbonyl (C=O) groups excluding carboxylic acids is 1. The molecule has 2 saturated heterocycles. The summed E-state index contributed by atoms with van der Waals surface area (Å²) in [5, 5.41) is 3.32. The Kier molecular flexibility index (Phi) is 5.09. The predicted octanol–water partition coefficient (Wildman–Crippen LogP) is 2.94. The molecule has 1 N–H and O–H groups in total.